The predicted octanol–water partition coefficient (Wildman–Crippen LogP) is 4.10. The molecule has 3 aromatic rings. The molecule has 2 aromatic heterocycles. The Kier molecular flexibility index (Phi) is 3.00. The van der Waals surface area contributed by atoms with E-state index in [0.29, 0.717) is 15.7 Å². The number of nitrogens with one attached hydrogen (secondary N) is 1. The van der Waals surface area contributed by atoms with Crippen LogP contribution in [0.25, 0.3) is 11.0 Å². The highest BCUT2D eigenvalue weighted by Crippen LogP contribution is 2.31. The molecule has 0 aliphatic heterocycles. The summed E-state index contributed by atoms with van der Waals surface area (Å²) in [6, 6.07) is 5.44. The Morgan fingerprint density at radius 1 is 1.47 bits per heavy atom. The van der Waals surface area contributed by atoms with Crippen molar-refractivity contribution in [1.82, 2.24) is 4.98 Å². The SMILES string of the molecule is Cc1c(C(=O)Nc2nccs2)oc2c(Cl)cccc12. The topological polar surface area (TPSA) is 55.1 Å². The summed E-state index contributed by atoms with van der Waals surface area (Å²) < 4.78 is 5.57. The highest BCUT2D eigenvalue weighted by Gasteiger charge is 2.19. The van der Waals surface area contributed by atoms with Gasteiger partial charge in [-0.05, 0) is 13.0 Å². The fourth-order valence-electron chi connectivity index (χ4n) is 1.86. The maximum Gasteiger partial charge on any atom is 0.293 e. The van der Waals surface area contributed by atoms with E-state index in [1.54, 1.807) is 17.6 Å². The molecule has 1 aromatic carbocycles. The Balaban J connectivity index is 2.03. The van der Waals surface area contributed by atoms with E-state index in [1.165, 1.54) is 11.3 Å². The van der Waals surface area contributed by atoms with Gasteiger partial charge in [-0.15, -0.1) is 11.3 Å². The highest BCUT2D eigenvalue weighted by molar-refractivity contribution is 7.13. The highest BCUT2D eigenvalue weighted by atomic mass is 35.5. The number of thiazole rings is 1. The van der Waals surface area contributed by atoms with Crippen molar-refractivity contribution in [3.8, 4) is 0 Å². The summed E-state index contributed by atoms with van der Waals surface area (Å²) in [5, 5.41) is 6.36. The number of carbonyl (C=O) groups is 1. The number of carbonyl (C=O) groups excluding carboxylic acids is 1. The lowest BCUT2D eigenvalue weighted by atomic mass is 10.1. The number of halogens is 1. The van der Waals surface area contributed by atoms with Crippen molar-refractivity contribution in [3.05, 3.63) is 46.1 Å². The van der Waals surface area contributed by atoms with Crippen molar-refractivity contribution in [2.24, 2.45) is 0 Å². The minimum absolute atomic E-state index is 0.262. The molecule has 0 radical (unpaired) electrons. The Morgan fingerprint density at radius 3 is 3.00 bits per heavy atom. The maximum absolute atomic E-state index is 12.1. The smallest absolute Gasteiger partial charge is 0.293 e. The van der Waals surface area contributed by atoms with Gasteiger partial charge in [-0.1, -0.05) is 23.7 Å². The first-order valence-electron chi connectivity index (χ1n) is 5.55. The molecule has 0 aliphatic rings. The third-order valence-corrected chi connectivity index (χ3v) is 3.76. The van der Waals surface area contributed by atoms with E-state index in [2.05, 4.69) is 10.3 Å². The van der Waals surface area contributed by atoms with Gasteiger partial charge in [-0.25, -0.2) is 4.98 Å². The molecule has 0 atom stereocenters. The molecule has 2 heterocycles. The van der Waals surface area contributed by atoms with Crippen LogP contribution in [0, 0.1) is 6.92 Å². The molecule has 0 unspecified atom stereocenters. The zero-order valence-corrected chi connectivity index (χ0v) is 11.5. The molecule has 4 nitrogen and oxygen atoms in total. The molecule has 1 N–H and O–H groups in total. The van der Waals surface area contributed by atoms with E-state index >= 15 is 0 Å². The van der Waals surface area contributed by atoms with Crippen molar-refractivity contribution in [2.45, 2.75) is 6.92 Å². The van der Waals surface area contributed by atoms with Gasteiger partial charge in [0.15, 0.2) is 16.5 Å². The van der Waals surface area contributed by atoms with Crippen LogP contribution < -0.4 is 5.32 Å². The van der Waals surface area contributed by atoms with Crippen LogP contribution in [0.2, 0.25) is 5.02 Å². The average Bonchev–Trinajstić information content (AvgIpc) is 2.99. The van der Waals surface area contributed by atoms with Crippen LogP contribution in [0.4, 0.5) is 5.13 Å². The number of rotatable bonds is 2. The third-order valence-electron chi connectivity index (χ3n) is 2.77. The number of para-hydroxylation sites is 1. The summed E-state index contributed by atoms with van der Waals surface area (Å²) in [4.78, 5) is 16.1. The first-order valence-corrected chi connectivity index (χ1v) is 6.81. The number of furan rings is 1. The summed E-state index contributed by atoms with van der Waals surface area (Å²) in [6.45, 7) is 1.83. The lowest BCUT2D eigenvalue weighted by Crippen LogP contribution is -2.11. The Labute approximate surface area is 118 Å². The molecule has 0 saturated carbocycles. The normalized spacial score (nSPS) is 10.8. The number of nitrogens with zero attached hydrogens (tertiary/aromatic N) is 1. The van der Waals surface area contributed by atoms with E-state index < -0.39 is 0 Å². The maximum atomic E-state index is 12.1. The van der Waals surface area contributed by atoms with Gasteiger partial charge in [0.05, 0.1) is 5.02 Å². The number of hydrogen-bond acceptors (Lipinski definition) is 4. The molecule has 3 rings (SSSR count). The Bertz CT molecular complexity index is 749. The summed E-state index contributed by atoms with van der Waals surface area (Å²) >= 11 is 7.41. The molecule has 0 fully saturated rings. The number of aryl methyl sites for hydroxylation is 1. The van der Waals surface area contributed by atoms with Crippen LogP contribution in [-0.4, -0.2) is 10.9 Å². The summed E-state index contributed by atoms with van der Waals surface area (Å²) in [5.74, 6) is -0.0574. The predicted molar refractivity (Wildman–Crippen MR) is 76.0 cm³/mol. The second kappa shape index (κ2) is 4.68. The van der Waals surface area contributed by atoms with Crippen LogP contribution in [0.1, 0.15) is 16.1 Å². The largest absolute Gasteiger partial charge is 0.449 e. The Morgan fingerprint density at radius 2 is 2.32 bits per heavy atom. The Hall–Kier alpha value is -1.85. The number of aromatic nitrogens is 1. The molecule has 6 heteroatoms. The van der Waals surface area contributed by atoms with Gasteiger partial charge in [0, 0.05) is 22.5 Å². The molecular weight excluding hydrogens is 284 g/mol. The zero-order chi connectivity index (χ0) is 13.4. The summed E-state index contributed by atoms with van der Waals surface area (Å²) in [7, 11) is 0. The van der Waals surface area contributed by atoms with E-state index in [4.69, 9.17) is 16.0 Å². The van der Waals surface area contributed by atoms with Crippen molar-refractivity contribution in [2.75, 3.05) is 5.32 Å². The molecule has 0 saturated heterocycles. The number of fused-ring (bicyclic) bond motifs is 1. The van der Waals surface area contributed by atoms with Crippen LogP contribution in [0.5, 0.6) is 0 Å². The lowest BCUT2D eigenvalue weighted by molar-refractivity contribution is 0.0998. The minimum Gasteiger partial charge on any atom is -0.449 e. The van der Waals surface area contributed by atoms with Gasteiger partial charge < -0.3 is 4.42 Å². The fourth-order valence-corrected chi connectivity index (χ4v) is 2.60. The molecule has 96 valence electrons. The van der Waals surface area contributed by atoms with Crippen molar-refractivity contribution >= 4 is 44.9 Å². The van der Waals surface area contributed by atoms with E-state index in [-0.39, 0.29) is 11.7 Å². The van der Waals surface area contributed by atoms with E-state index in [9.17, 15) is 4.79 Å². The summed E-state index contributed by atoms with van der Waals surface area (Å²) in [5.41, 5.74) is 1.30. The molecule has 0 bridgehead atoms. The van der Waals surface area contributed by atoms with Crippen LogP contribution in [0.3, 0.4) is 0 Å². The van der Waals surface area contributed by atoms with Crippen molar-refractivity contribution in [1.29, 1.82) is 0 Å². The fraction of sp³-hybridized carbons (Fsp3) is 0.0769. The second-order valence-corrected chi connectivity index (χ2v) is 5.27. The van der Waals surface area contributed by atoms with Crippen molar-refractivity contribution in [3.63, 3.8) is 0 Å². The number of benzene rings is 1. The van der Waals surface area contributed by atoms with E-state index in [0.717, 1.165) is 10.9 Å². The van der Waals surface area contributed by atoms with Gasteiger partial charge in [0.1, 0.15) is 0 Å². The second-order valence-electron chi connectivity index (χ2n) is 3.96. The van der Waals surface area contributed by atoms with Crippen LogP contribution >= 0.6 is 22.9 Å². The molecule has 0 spiro atoms. The van der Waals surface area contributed by atoms with Gasteiger partial charge in [-0.3, -0.25) is 10.1 Å². The van der Waals surface area contributed by atoms with Gasteiger partial charge in [0.25, 0.3) is 5.91 Å². The lowest BCUT2D eigenvalue weighted by Gasteiger charge is -1.98. The number of hydrogen-bond donors (Lipinski definition) is 1. The zero-order valence-electron chi connectivity index (χ0n) is 9.94. The number of amides is 1. The third kappa shape index (κ3) is 2.11. The standard InChI is InChI=1S/C13H9ClN2O2S/c1-7-8-3-2-4-9(14)11(8)18-10(7)12(17)16-13-15-5-6-19-13/h2-6H,1H3,(H,15,16,17). The van der Waals surface area contributed by atoms with Crippen molar-refractivity contribution < 1.29 is 9.21 Å². The number of anilines is 1. The minimum atomic E-state index is -0.320. The first-order chi connectivity index (χ1) is 9.16. The van der Waals surface area contributed by atoms with Gasteiger partial charge in [-0.2, -0.15) is 0 Å². The monoisotopic (exact) mass is 292 g/mol. The molecule has 1 amide bonds. The van der Waals surface area contributed by atoms with Gasteiger partial charge in [0.2, 0.25) is 0 Å². The van der Waals surface area contributed by atoms with Crippen LogP contribution in [0.15, 0.2) is 34.2 Å². The quantitative estimate of drug-likeness (QED) is 0.773. The van der Waals surface area contributed by atoms with Gasteiger partial charge >= 0.3 is 0 Å². The average molecular weight is 293 g/mol. The summed E-state index contributed by atoms with van der Waals surface area (Å²) in [6.07, 6.45) is 1.63. The molecule has 19 heavy (non-hydrogen) atoms. The van der Waals surface area contributed by atoms with Crippen LogP contribution in [-0.2, 0) is 0 Å². The first kappa shape index (κ1) is 12.2. The molecule has 0 aliphatic carbocycles. The van der Waals surface area contributed by atoms with E-state index in [1.807, 2.05) is 19.1 Å². The molecular formula is C13H9ClN2O2S.